The Bertz CT molecular complexity index is 513. The summed E-state index contributed by atoms with van der Waals surface area (Å²) in [4.78, 5) is 0. The van der Waals surface area contributed by atoms with Crippen LogP contribution in [0.1, 0.15) is 11.3 Å². The van der Waals surface area contributed by atoms with Gasteiger partial charge in [0.25, 0.3) is 0 Å². The van der Waals surface area contributed by atoms with Crippen molar-refractivity contribution in [2.75, 3.05) is 0 Å². The molecule has 5 heteroatoms. The van der Waals surface area contributed by atoms with Crippen molar-refractivity contribution in [1.82, 2.24) is 9.78 Å². The number of hydrogen-bond donors (Lipinski definition) is 0. The molecule has 2 aromatic rings. The molecule has 1 aromatic carbocycles. The molecular formula is C12H12BrClN2O. The maximum absolute atomic E-state index is 6.09. The molecule has 0 unspecified atom stereocenters. The van der Waals surface area contributed by atoms with Crippen molar-refractivity contribution < 1.29 is 4.74 Å². The summed E-state index contributed by atoms with van der Waals surface area (Å²) in [7, 11) is 1.88. The quantitative estimate of drug-likeness (QED) is 0.807. The lowest BCUT2D eigenvalue weighted by Gasteiger charge is -2.10. The first-order chi connectivity index (χ1) is 8.20. The van der Waals surface area contributed by atoms with E-state index in [1.807, 2.05) is 37.5 Å². The first-order valence-corrected chi connectivity index (χ1v) is 6.65. The van der Waals surface area contributed by atoms with E-state index in [1.54, 1.807) is 4.68 Å². The predicted octanol–water partition coefficient (Wildman–Crippen LogP) is 3.55. The molecule has 0 aliphatic carbocycles. The Morgan fingerprint density at radius 3 is 2.88 bits per heavy atom. The molecular weight excluding hydrogens is 304 g/mol. The molecule has 17 heavy (non-hydrogen) atoms. The molecule has 3 nitrogen and oxygen atoms in total. The fourth-order valence-corrected chi connectivity index (χ4v) is 2.47. The van der Waals surface area contributed by atoms with Crippen molar-refractivity contribution in [2.24, 2.45) is 7.05 Å². The molecule has 0 spiro atoms. The summed E-state index contributed by atoms with van der Waals surface area (Å²) < 4.78 is 7.47. The first-order valence-electron chi connectivity index (χ1n) is 5.15. The van der Waals surface area contributed by atoms with Gasteiger partial charge in [0.2, 0.25) is 0 Å². The van der Waals surface area contributed by atoms with E-state index in [2.05, 4.69) is 21.0 Å². The van der Waals surface area contributed by atoms with Gasteiger partial charge in [-0.25, -0.2) is 0 Å². The average molecular weight is 316 g/mol. The van der Waals surface area contributed by atoms with E-state index in [4.69, 9.17) is 16.3 Å². The number of ether oxygens (including phenoxy) is 1. The van der Waals surface area contributed by atoms with E-state index in [1.165, 1.54) is 0 Å². The number of aryl methyl sites for hydroxylation is 1. The second-order valence-corrected chi connectivity index (χ2v) is 4.59. The van der Waals surface area contributed by atoms with E-state index < -0.39 is 0 Å². The van der Waals surface area contributed by atoms with E-state index >= 15 is 0 Å². The van der Waals surface area contributed by atoms with Crippen LogP contribution in [0.3, 0.4) is 0 Å². The molecule has 1 heterocycles. The van der Waals surface area contributed by atoms with Crippen LogP contribution in [-0.4, -0.2) is 9.78 Å². The first kappa shape index (κ1) is 12.5. The molecule has 0 radical (unpaired) electrons. The highest BCUT2D eigenvalue weighted by Gasteiger charge is 2.07. The maximum atomic E-state index is 6.09. The van der Waals surface area contributed by atoms with Gasteiger partial charge in [0, 0.05) is 29.2 Å². The van der Waals surface area contributed by atoms with Crippen molar-refractivity contribution in [2.45, 2.75) is 11.9 Å². The van der Waals surface area contributed by atoms with Gasteiger partial charge >= 0.3 is 0 Å². The van der Waals surface area contributed by atoms with Crippen molar-refractivity contribution in [3.8, 4) is 5.75 Å². The third kappa shape index (κ3) is 3.01. The summed E-state index contributed by atoms with van der Waals surface area (Å²) in [6, 6.07) is 7.57. The predicted molar refractivity (Wildman–Crippen MR) is 71.6 cm³/mol. The molecule has 0 atom stereocenters. The van der Waals surface area contributed by atoms with Gasteiger partial charge in [-0.05, 0) is 18.2 Å². The van der Waals surface area contributed by atoms with Crippen LogP contribution in [0, 0.1) is 0 Å². The van der Waals surface area contributed by atoms with Crippen LogP contribution < -0.4 is 4.74 Å². The third-order valence-electron chi connectivity index (χ3n) is 2.35. The Labute approximate surface area is 113 Å². The molecule has 0 saturated heterocycles. The smallest absolute Gasteiger partial charge is 0.132 e. The largest absolute Gasteiger partial charge is 0.487 e. The van der Waals surface area contributed by atoms with Gasteiger partial charge in [0.15, 0.2) is 0 Å². The van der Waals surface area contributed by atoms with Crippen LogP contribution in [0.4, 0.5) is 0 Å². The standard InChI is InChI=1S/C12H12BrClN2O/c1-16-6-5-9(15-16)8-17-12-4-2-3-11(14)10(12)7-13/h2-6H,7-8H2,1H3. The molecule has 0 saturated carbocycles. The lowest BCUT2D eigenvalue weighted by molar-refractivity contribution is 0.298. The van der Waals surface area contributed by atoms with Gasteiger partial charge in [0.05, 0.1) is 5.69 Å². The summed E-state index contributed by atoms with van der Waals surface area (Å²) in [5.41, 5.74) is 1.86. The Morgan fingerprint density at radius 1 is 1.41 bits per heavy atom. The number of nitrogens with zero attached hydrogens (tertiary/aromatic N) is 2. The van der Waals surface area contributed by atoms with Gasteiger partial charge < -0.3 is 4.74 Å². The lowest BCUT2D eigenvalue weighted by Crippen LogP contribution is -2.00. The SMILES string of the molecule is Cn1ccc(COc2cccc(Cl)c2CBr)n1. The molecule has 0 amide bonds. The van der Waals surface area contributed by atoms with Crippen LogP contribution in [0.5, 0.6) is 5.75 Å². The highest BCUT2D eigenvalue weighted by molar-refractivity contribution is 9.08. The fourth-order valence-electron chi connectivity index (χ4n) is 1.50. The van der Waals surface area contributed by atoms with Crippen molar-refractivity contribution in [3.05, 3.63) is 46.7 Å². The van der Waals surface area contributed by atoms with Crippen molar-refractivity contribution >= 4 is 27.5 Å². The van der Waals surface area contributed by atoms with E-state index in [9.17, 15) is 0 Å². The zero-order valence-electron chi connectivity index (χ0n) is 9.36. The normalized spacial score (nSPS) is 10.5. The van der Waals surface area contributed by atoms with Crippen LogP contribution in [0.25, 0.3) is 0 Å². The van der Waals surface area contributed by atoms with E-state index in [0.717, 1.165) is 17.0 Å². The maximum Gasteiger partial charge on any atom is 0.132 e. The highest BCUT2D eigenvalue weighted by atomic mass is 79.9. The monoisotopic (exact) mass is 314 g/mol. The molecule has 2 rings (SSSR count). The van der Waals surface area contributed by atoms with Crippen LogP contribution in [0.15, 0.2) is 30.5 Å². The summed E-state index contributed by atoms with van der Waals surface area (Å²) in [5.74, 6) is 0.792. The van der Waals surface area contributed by atoms with Crippen LogP contribution >= 0.6 is 27.5 Å². The summed E-state index contributed by atoms with van der Waals surface area (Å²) >= 11 is 9.49. The van der Waals surface area contributed by atoms with Gasteiger partial charge in [-0.15, -0.1) is 0 Å². The number of rotatable bonds is 4. The number of benzene rings is 1. The number of halogens is 2. The zero-order chi connectivity index (χ0) is 12.3. The van der Waals surface area contributed by atoms with Crippen molar-refractivity contribution in [1.29, 1.82) is 0 Å². The highest BCUT2D eigenvalue weighted by Crippen LogP contribution is 2.28. The summed E-state index contributed by atoms with van der Waals surface area (Å²) in [5, 5.41) is 5.63. The molecule has 0 aliphatic heterocycles. The van der Waals surface area contributed by atoms with Gasteiger partial charge in [-0.1, -0.05) is 33.6 Å². The van der Waals surface area contributed by atoms with Gasteiger partial charge in [-0.3, -0.25) is 4.68 Å². The molecule has 0 fully saturated rings. The van der Waals surface area contributed by atoms with Crippen LogP contribution in [-0.2, 0) is 19.0 Å². The molecule has 0 N–H and O–H groups in total. The summed E-state index contributed by atoms with van der Waals surface area (Å²) in [6.07, 6.45) is 1.89. The Morgan fingerprint density at radius 2 is 2.24 bits per heavy atom. The Balaban J connectivity index is 2.11. The molecule has 0 aliphatic rings. The van der Waals surface area contributed by atoms with Crippen LogP contribution in [0.2, 0.25) is 5.02 Å². The minimum Gasteiger partial charge on any atom is -0.487 e. The lowest BCUT2D eigenvalue weighted by atomic mass is 10.2. The van der Waals surface area contributed by atoms with Gasteiger partial charge in [-0.2, -0.15) is 5.10 Å². The Kier molecular flexibility index (Phi) is 4.07. The van der Waals surface area contributed by atoms with Crippen molar-refractivity contribution in [3.63, 3.8) is 0 Å². The van der Waals surface area contributed by atoms with E-state index in [-0.39, 0.29) is 0 Å². The number of hydrogen-bond acceptors (Lipinski definition) is 2. The number of alkyl halides is 1. The zero-order valence-corrected chi connectivity index (χ0v) is 11.7. The molecule has 0 bridgehead atoms. The minimum absolute atomic E-state index is 0.446. The Hall–Kier alpha value is -1.000. The second-order valence-electron chi connectivity index (χ2n) is 3.62. The second kappa shape index (κ2) is 5.56. The number of aromatic nitrogens is 2. The minimum atomic E-state index is 0.446. The average Bonchev–Trinajstić information content (AvgIpc) is 2.72. The summed E-state index contributed by atoms with van der Waals surface area (Å²) in [6.45, 7) is 0.446. The third-order valence-corrected chi connectivity index (χ3v) is 3.27. The fraction of sp³-hybridized carbons (Fsp3) is 0.250. The molecule has 90 valence electrons. The topological polar surface area (TPSA) is 27.1 Å². The van der Waals surface area contributed by atoms with Gasteiger partial charge in [0.1, 0.15) is 12.4 Å². The molecule has 1 aromatic heterocycles. The van der Waals surface area contributed by atoms with E-state index in [0.29, 0.717) is 17.0 Å².